The molecular formula is C15H11BrClFN2O2. The summed E-state index contributed by atoms with van der Waals surface area (Å²) in [6.45, 7) is -0.227. The number of carbonyl (C=O) groups is 1. The van der Waals surface area contributed by atoms with Crippen LogP contribution >= 0.6 is 27.5 Å². The molecule has 1 amide bonds. The van der Waals surface area contributed by atoms with Gasteiger partial charge in [0.25, 0.3) is 5.91 Å². The Labute approximate surface area is 140 Å². The molecule has 0 heterocycles. The molecule has 2 aromatic carbocycles. The summed E-state index contributed by atoms with van der Waals surface area (Å²) >= 11 is 9.08. The van der Waals surface area contributed by atoms with Gasteiger partial charge in [-0.25, -0.2) is 9.82 Å². The van der Waals surface area contributed by atoms with E-state index in [1.807, 2.05) is 0 Å². The number of hydrogen-bond donors (Lipinski definition) is 1. The Morgan fingerprint density at radius 3 is 2.86 bits per heavy atom. The third-order valence-electron chi connectivity index (χ3n) is 2.55. The number of halogens is 3. The van der Waals surface area contributed by atoms with Gasteiger partial charge in [0.15, 0.2) is 6.61 Å². The molecule has 0 aromatic heterocycles. The van der Waals surface area contributed by atoms with Crippen LogP contribution in [-0.2, 0) is 4.79 Å². The van der Waals surface area contributed by atoms with E-state index in [1.165, 1.54) is 12.3 Å². The van der Waals surface area contributed by atoms with Crippen molar-refractivity contribution >= 4 is 39.7 Å². The largest absolute Gasteiger partial charge is 0.483 e. The number of carbonyl (C=O) groups excluding carboxylic acids is 1. The maximum Gasteiger partial charge on any atom is 0.277 e. The lowest BCUT2D eigenvalue weighted by Crippen LogP contribution is -2.24. The second kappa shape index (κ2) is 7.91. The fourth-order valence-electron chi connectivity index (χ4n) is 1.52. The lowest BCUT2D eigenvalue weighted by Gasteiger charge is -2.07. The number of nitrogens with one attached hydrogen (secondary N) is 1. The molecule has 2 rings (SSSR count). The maximum atomic E-state index is 13.3. The Hall–Kier alpha value is -1.92. The highest BCUT2D eigenvalue weighted by Crippen LogP contribution is 2.27. The van der Waals surface area contributed by atoms with Crippen LogP contribution in [0, 0.1) is 5.82 Å². The second-order valence-electron chi connectivity index (χ2n) is 4.18. The normalized spacial score (nSPS) is 10.7. The van der Waals surface area contributed by atoms with Gasteiger partial charge in [-0.2, -0.15) is 5.10 Å². The molecule has 22 heavy (non-hydrogen) atoms. The molecular weight excluding hydrogens is 375 g/mol. The lowest BCUT2D eigenvalue weighted by molar-refractivity contribution is -0.123. The number of amides is 1. The van der Waals surface area contributed by atoms with Crippen molar-refractivity contribution in [3.8, 4) is 5.75 Å². The Morgan fingerprint density at radius 2 is 2.14 bits per heavy atom. The number of nitrogens with zero attached hydrogens (tertiary/aromatic N) is 1. The van der Waals surface area contributed by atoms with E-state index >= 15 is 0 Å². The van der Waals surface area contributed by atoms with Gasteiger partial charge < -0.3 is 4.74 Å². The number of rotatable bonds is 5. The maximum absolute atomic E-state index is 13.3. The highest BCUT2D eigenvalue weighted by atomic mass is 79.9. The van der Waals surface area contributed by atoms with E-state index in [9.17, 15) is 9.18 Å². The molecule has 7 heteroatoms. The highest BCUT2D eigenvalue weighted by Gasteiger charge is 2.05. The SMILES string of the molecule is O=C(COc1ccc(Cl)cc1Br)NN=Cc1ccccc1F. The minimum atomic E-state index is -0.463. The van der Waals surface area contributed by atoms with Crippen LogP contribution in [0.5, 0.6) is 5.75 Å². The van der Waals surface area contributed by atoms with Crippen LogP contribution in [0.2, 0.25) is 5.02 Å². The van der Waals surface area contributed by atoms with Crippen LogP contribution in [0.4, 0.5) is 4.39 Å². The molecule has 1 N–H and O–H groups in total. The van der Waals surface area contributed by atoms with Crippen molar-refractivity contribution in [2.75, 3.05) is 6.61 Å². The van der Waals surface area contributed by atoms with Gasteiger partial charge in [-0.3, -0.25) is 4.79 Å². The topological polar surface area (TPSA) is 50.7 Å². The van der Waals surface area contributed by atoms with Gasteiger partial charge in [0.05, 0.1) is 10.7 Å². The van der Waals surface area contributed by atoms with E-state index in [-0.39, 0.29) is 12.2 Å². The summed E-state index contributed by atoms with van der Waals surface area (Å²) in [6.07, 6.45) is 1.23. The van der Waals surface area contributed by atoms with Crippen molar-refractivity contribution in [3.63, 3.8) is 0 Å². The van der Waals surface area contributed by atoms with Gasteiger partial charge in [-0.15, -0.1) is 0 Å². The molecule has 0 bridgehead atoms. The number of hydrogen-bond acceptors (Lipinski definition) is 3. The van der Waals surface area contributed by atoms with E-state index < -0.39 is 11.7 Å². The predicted octanol–water partition coefficient (Wildman–Crippen LogP) is 3.77. The van der Waals surface area contributed by atoms with Gasteiger partial charge in [-0.1, -0.05) is 29.8 Å². The van der Waals surface area contributed by atoms with Gasteiger partial charge in [-0.05, 0) is 40.2 Å². The molecule has 0 fully saturated rings. The molecule has 0 spiro atoms. The third-order valence-corrected chi connectivity index (χ3v) is 3.41. The first-order chi connectivity index (χ1) is 10.6. The van der Waals surface area contributed by atoms with Crippen LogP contribution in [0.15, 0.2) is 52.0 Å². The van der Waals surface area contributed by atoms with Crippen LogP contribution in [0.1, 0.15) is 5.56 Å². The predicted molar refractivity (Wildman–Crippen MR) is 86.8 cm³/mol. The molecule has 4 nitrogen and oxygen atoms in total. The Balaban J connectivity index is 1.84. The Morgan fingerprint density at radius 1 is 1.36 bits per heavy atom. The fraction of sp³-hybridized carbons (Fsp3) is 0.0667. The van der Waals surface area contributed by atoms with Crippen molar-refractivity contribution in [2.24, 2.45) is 5.10 Å². The van der Waals surface area contributed by atoms with Crippen molar-refractivity contribution in [1.82, 2.24) is 5.43 Å². The summed E-state index contributed by atoms with van der Waals surface area (Å²) in [7, 11) is 0. The van der Waals surface area contributed by atoms with Gasteiger partial charge in [0.2, 0.25) is 0 Å². The smallest absolute Gasteiger partial charge is 0.277 e. The van der Waals surface area contributed by atoms with E-state index in [1.54, 1.807) is 36.4 Å². The van der Waals surface area contributed by atoms with Crippen molar-refractivity contribution in [3.05, 3.63) is 63.3 Å². The molecule has 0 atom stereocenters. The monoisotopic (exact) mass is 384 g/mol. The van der Waals surface area contributed by atoms with Crippen molar-refractivity contribution in [2.45, 2.75) is 0 Å². The van der Waals surface area contributed by atoms with Crippen molar-refractivity contribution in [1.29, 1.82) is 0 Å². The second-order valence-corrected chi connectivity index (χ2v) is 5.47. The molecule has 2 aromatic rings. The highest BCUT2D eigenvalue weighted by molar-refractivity contribution is 9.10. The Bertz CT molecular complexity index is 710. The number of ether oxygens (including phenoxy) is 1. The zero-order valence-electron chi connectivity index (χ0n) is 11.2. The quantitative estimate of drug-likeness (QED) is 0.629. The van der Waals surface area contributed by atoms with E-state index in [4.69, 9.17) is 16.3 Å². The summed E-state index contributed by atoms with van der Waals surface area (Å²) in [5.74, 6) is -0.395. The zero-order chi connectivity index (χ0) is 15.9. The molecule has 0 unspecified atom stereocenters. The van der Waals surface area contributed by atoms with Crippen LogP contribution in [-0.4, -0.2) is 18.7 Å². The van der Waals surface area contributed by atoms with Gasteiger partial charge in [0.1, 0.15) is 11.6 Å². The van der Waals surface area contributed by atoms with Gasteiger partial charge >= 0.3 is 0 Å². The van der Waals surface area contributed by atoms with Crippen LogP contribution < -0.4 is 10.2 Å². The fourth-order valence-corrected chi connectivity index (χ4v) is 2.32. The minimum absolute atomic E-state index is 0.227. The standard InChI is InChI=1S/C15H11BrClFN2O2/c16-12-7-11(17)5-6-14(12)22-9-15(21)20-19-8-10-3-1-2-4-13(10)18/h1-8H,9H2,(H,20,21). The average Bonchev–Trinajstić information content (AvgIpc) is 2.48. The summed E-state index contributed by atoms with van der Waals surface area (Å²) < 4.78 is 19.3. The van der Waals surface area contributed by atoms with Crippen LogP contribution in [0.3, 0.4) is 0 Å². The molecule has 0 radical (unpaired) electrons. The average molecular weight is 386 g/mol. The first-order valence-electron chi connectivity index (χ1n) is 6.20. The first-order valence-corrected chi connectivity index (χ1v) is 7.37. The minimum Gasteiger partial charge on any atom is -0.483 e. The first kappa shape index (κ1) is 16.5. The molecule has 114 valence electrons. The summed E-state index contributed by atoms with van der Waals surface area (Å²) in [4.78, 5) is 11.6. The number of benzene rings is 2. The van der Waals surface area contributed by atoms with Crippen molar-refractivity contribution < 1.29 is 13.9 Å². The van der Waals surface area contributed by atoms with Crippen LogP contribution in [0.25, 0.3) is 0 Å². The summed E-state index contributed by atoms with van der Waals surface area (Å²) in [6, 6.07) is 11.1. The Kier molecular flexibility index (Phi) is 5.91. The molecule has 0 saturated heterocycles. The third kappa shape index (κ3) is 4.82. The number of hydrazone groups is 1. The summed E-state index contributed by atoms with van der Waals surface area (Å²) in [5, 5.41) is 4.23. The van der Waals surface area contributed by atoms with Gasteiger partial charge in [0, 0.05) is 10.6 Å². The van der Waals surface area contributed by atoms with E-state index in [0.717, 1.165) is 0 Å². The molecule has 0 aliphatic rings. The molecule has 0 aliphatic carbocycles. The van der Waals surface area contributed by atoms with E-state index in [2.05, 4.69) is 26.5 Å². The molecule has 0 saturated carbocycles. The molecule has 0 aliphatic heterocycles. The lowest BCUT2D eigenvalue weighted by atomic mass is 10.2. The van der Waals surface area contributed by atoms with E-state index in [0.29, 0.717) is 15.2 Å². The zero-order valence-corrected chi connectivity index (χ0v) is 13.6. The summed E-state index contributed by atoms with van der Waals surface area (Å²) in [5.41, 5.74) is 2.54.